The molecule has 0 saturated carbocycles. The van der Waals surface area contributed by atoms with E-state index in [-0.39, 0.29) is 5.41 Å². The first kappa shape index (κ1) is 26.0. The van der Waals surface area contributed by atoms with Gasteiger partial charge in [0.2, 0.25) is 0 Å². The molecule has 9 aromatic rings. The maximum Gasteiger partial charge on any atom is 0.0358 e. The molecule has 0 spiro atoms. The number of fused-ring (bicyclic) bond motifs is 10. The fraction of sp³-hybridized carbons (Fsp3) is 0.0667. The SMILES string of the molecule is CC1(C)c2cc(-c3c4ccccc4c(-c4ccc5ccccc5c4)c4ccccc34)ccc2-c2ccc3sc4ccccc4c3c21. The fourth-order valence-electron chi connectivity index (χ4n) is 8.37. The minimum atomic E-state index is -0.124. The smallest absolute Gasteiger partial charge is 0.0358 e. The van der Waals surface area contributed by atoms with E-state index in [1.165, 1.54) is 97.0 Å². The lowest BCUT2D eigenvalue weighted by Gasteiger charge is -2.24. The van der Waals surface area contributed by atoms with Gasteiger partial charge in [0.25, 0.3) is 0 Å². The second-order valence-corrected chi connectivity index (χ2v) is 14.3. The minimum absolute atomic E-state index is 0.124. The summed E-state index contributed by atoms with van der Waals surface area (Å²) < 4.78 is 2.74. The van der Waals surface area contributed by atoms with E-state index in [4.69, 9.17) is 0 Å². The Morgan fingerprint density at radius 3 is 1.67 bits per heavy atom. The van der Waals surface area contributed by atoms with Crippen LogP contribution in [0.5, 0.6) is 0 Å². The van der Waals surface area contributed by atoms with E-state index in [0.717, 1.165) is 0 Å². The quantitative estimate of drug-likeness (QED) is 0.173. The summed E-state index contributed by atoms with van der Waals surface area (Å²) in [6.45, 7) is 4.85. The Hall–Kier alpha value is -5.24. The molecule has 0 nitrogen and oxygen atoms in total. The van der Waals surface area contributed by atoms with E-state index < -0.39 is 0 Å². The summed E-state index contributed by atoms with van der Waals surface area (Å²) in [5.41, 5.74) is 10.7. The van der Waals surface area contributed by atoms with E-state index in [1.54, 1.807) is 0 Å². The number of hydrogen-bond acceptors (Lipinski definition) is 1. The van der Waals surface area contributed by atoms with E-state index in [9.17, 15) is 0 Å². The molecule has 0 saturated heterocycles. The first-order valence-electron chi connectivity index (χ1n) is 16.1. The average molecular weight is 603 g/mol. The van der Waals surface area contributed by atoms with Crippen molar-refractivity contribution in [2.24, 2.45) is 0 Å². The molecule has 46 heavy (non-hydrogen) atoms. The highest BCUT2D eigenvalue weighted by Gasteiger charge is 2.38. The van der Waals surface area contributed by atoms with Crippen LogP contribution in [0.15, 0.2) is 146 Å². The van der Waals surface area contributed by atoms with Crippen LogP contribution < -0.4 is 0 Å². The van der Waals surface area contributed by atoms with Crippen LogP contribution in [-0.4, -0.2) is 0 Å². The van der Waals surface area contributed by atoms with Crippen molar-refractivity contribution in [3.63, 3.8) is 0 Å². The predicted octanol–water partition coefficient (Wildman–Crippen LogP) is 13.2. The summed E-state index contributed by atoms with van der Waals surface area (Å²) in [6.07, 6.45) is 0. The van der Waals surface area contributed by atoms with Gasteiger partial charge in [0.15, 0.2) is 0 Å². The Morgan fingerprint density at radius 1 is 0.435 bits per heavy atom. The number of thiophene rings is 1. The molecule has 0 unspecified atom stereocenters. The molecule has 8 aromatic carbocycles. The molecule has 10 rings (SSSR count). The highest BCUT2D eigenvalue weighted by Crippen LogP contribution is 2.55. The molecule has 1 heterocycles. The largest absolute Gasteiger partial charge is 0.135 e. The zero-order chi connectivity index (χ0) is 30.6. The van der Waals surface area contributed by atoms with Crippen LogP contribution in [0.25, 0.3) is 85.9 Å². The molecule has 0 amide bonds. The summed E-state index contributed by atoms with van der Waals surface area (Å²) in [5.74, 6) is 0. The molecule has 1 aliphatic rings. The molecule has 0 bridgehead atoms. The number of benzene rings is 8. The maximum atomic E-state index is 2.50. The molecule has 1 aromatic heterocycles. The van der Waals surface area contributed by atoms with Gasteiger partial charge in [-0.1, -0.05) is 135 Å². The third-order valence-corrected chi connectivity index (χ3v) is 11.5. The summed E-state index contributed by atoms with van der Waals surface area (Å²) in [7, 11) is 0. The van der Waals surface area contributed by atoms with E-state index >= 15 is 0 Å². The van der Waals surface area contributed by atoms with Gasteiger partial charge in [-0.2, -0.15) is 0 Å². The maximum absolute atomic E-state index is 2.50. The van der Waals surface area contributed by atoms with Gasteiger partial charge in [-0.15, -0.1) is 11.3 Å². The highest BCUT2D eigenvalue weighted by molar-refractivity contribution is 7.25. The molecular formula is C45H30S. The molecule has 0 atom stereocenters. The van der Waals surface area contributed by atoms with Gasteiger partial charge in [-0.3, -0.25) is 0 Å². The predicted molar refractivity (Wildman–Crippen MR) is 200 cm³/mol. The molecular weight excluding hydrogens is 573 g/mol. The van der Waals surface area contributed by atoms with Crippen molar-refractivity contribution in [1.29, 1.82) is 0 Å². The third kappa shape index (κ3) is 3.49. The standard InChI is InChI=1S/C45H30S/c1-45(2)38-26-30(21-22-31(38)36-23-24-40-43(44(36)45)37-17-9-10-18-39(37)46-40)42-34-15-7-5-13-32(34)41(33-14-6-8-16-35(33)42)29-20-19-27-11-3-4-12-28(27)25-29/h3-26H,1-2H3. The van der Waals surface area contributed by atoms with Crippen molar-refractivity contribution in [3.05, 3.63) is 157 Å². The van der Waals surface area contributed by atoms with Gasteiger partial charge in [0, 0.05) is 25.6 Å². The zero-order valence-corrected chi connectivity index (χ0v) is 26.6. The molecule has 0 fully saturated rings. The van der Waals surface area contributed by atoms with Gasteiger partial charge in [0.1, 0.15) is 0 Å². The first-order valence-corrected chi connectivity index (χ1v) is 16.9. The average Bonchev–Trinajstić information content (AvgIpc) is 3.58. The summed E-state index contributed by atoms with van der Waals surface area (Å²) in [5, 5.41) is 10.5. The van der Waals surface area contributed by atoms with Crippen molar-refractivity contribution < 1.29 is 0 Å². The molecule has 1 aliphatic carbocycles. The van der Waals surface area contributed by atoms with Crippen molar-refractivity contribution >= 4 is 63.8 Å². The Morgan fingerprint density at radius 2 is 0.978 bits per heavy atom. The Bertz CT molecular complexity index is 2660. The van der Waals surface area contributed by atoms with Crippen molar-refractivity contribution in [2.45, 2.75) is 19.3 Å². The van der Waals surface area contributed by atoms with Crippen LogP contribution in [0.1, 0.15) is 25.0 Å². The van der Waals surface area contributed by atoms with Crippen molar-refractivity contribution in [1.82, 2.24) is 0 Å². The van der Waals surface area contributed by atoms with Crippen LogP contribution in [0, 0.1) is 0 Å². The third-order valence-electron chi connectivity index (χ3n) is 10.4. The van der Waals surface area contributed by atoms with E-state index in [0.29, 0.717) is 0 Å². The van der Waals surface area contributed by atoms with Crippen LogP contribution in [-0.2, 0) is 5.41 Å². The first-order chi connectivity index (χ1) is 22.6. The topological polar surface area (TPSA) is 0 Å². The van der Waals surface area contributed by atoms with Crippen LogP contribution in [0.4, 0.5) is 0 Å². The molecule has 0 aliphatic heterocycles. The van der Waals surface area contributed by atoms with E-state index in [2.05, 4.69) is 159 Å². The van der Waals surface area contributed by atoms with Gasteiger partial charge < -0.3 is 0 Å². The van der Waals surface area contributed by atoms with Gasteiger partial charge in [0.05, 0.1) is 0 Å². The van der Waals surface area contributed by atoms with Crippen LogP contribution in [0.3, 0.4) is 0 Å². The Balaban J connectivity index is 1.24. The molecule has 0 N–H and O–H groups in total. The van der Waals surface area contributed by atoms with Crippen molar-refractivity contribution in [2.75, 3.05) is 0 Å². The van der Waals surface area contributed by atoms with Crippen LogP contribution in [0.2, 0.25) is 0 Å². The zero-order valence-electron chi connectivity index (χ0n) is 25.8. The lowest BCUT2D eigenvalue weighted by Crippen LogP contribution is -2.15. The van der Waals surface area contributed by atoms with Gasteiger partial charge in [-0.05, 0) is 101 Å². The summed E-state index contributed by atoms with van der Waals surface area (Å²) in [6, 6.07) is 54.4. The minimum Gasteiger partial charge on any atom is -0.135 e. The monoisotopic (exact) mass is 602 g/mol. The summed E-state index contributed by atoms with van der Waals surface area (Å²) in [4.78, 5) is 0. The van der Waals surface area contributed by atoms with Crippen molar-refractivity contribution in [3.8, 4) is 33.4 Å². The van der Waals surface area contributed by atoms with Crippen LogP contribution >= 0.6 is 11.3 Å². The lowest BCUT2D eigenvalue weighted by atomic mass is 9.79. The number of hydrogen-bond donors (Lipinski definition) is 0. The molecule has 0 radical (unpaired) electrons. The lowest BCUT2D eigenvalue weighted by molar-refractivity contribution is 0.667. The normalized spacial score (nSPS) is 13.6. The Labute approximate surface area is 272 Å². The van der Waals surface area contributed by atoms with Gasteiger partial charge in [-0.25, -0.2) is 0 Å². The molecule has 216 valence electrons. The molecule has 1 heteroatoms. The number of rotatable bonds is 2. The Kier molecular flexibility index (Phi) is 5.31. The summed E-state index contributed by atoms with van der Waals surface area (Å²) >= 11 is 1.91. The second-order valence-electron chi connectivity index (χ2n) is 13.2. The van der Waals surface area contributed by atoms with E-state index in [1.807, 2.05) is 11.3 Å². The van der Waals surface area contributed by atoms with Gasteiger partial charge >= 0.3 is 0 Å². The second kappa shape index (κ2) is 9.39. The fourth-order valence-corrected chi connectivity index (χ4v) is 9.49. The highest BCUT2D eigenvalue weighted by atomic mass is 32.1.